The fraction of sp³-hybridized carbons (Fsp3) is 0.300. The van der Waals surface area contributed by atoms with Crippen molar-refractivity contribution in [3.63, 3.8) is 0 Å². The summed E-state index contributed by atoms with van der Waals surface area (Å²) in [7, 11) is 0. The molecule has 0 unspecified atom stereocenters. The van der Waals surface area contributed by atoms with Crippen molar-refractivity contribution in [1.29, 1.82) is 5.26 Å². The summed E-state index contributed by atoms with van der Waals surface area (Å²) < 4.78 is 1.51. The maximum absolute atomic E-state index is 13.1. The topological polar surface area (TPSA) is 124 Å². The summed E-state index contributed by atoms with van der Waals surface area (Å²) >= 11 is 1.40. The van der Waals surface area contributed by atoms with Gasteiger partial charge in [-0.1, -0.05) is 11.8 Å². The zero-order chi connectivity index (χ0) is 20.8. The number of phenolic OH excluding ortho intramolecular Hbond substituents is 1. The normalized spacial score (nSPS) is 10.8. The van der Waals surface area contributed by atoms with Gasteiger partial charge in [-0.05, 0) is 43.2 Å². The number of rotatable bonds is 8. The summed E-state index contributed by atoms with van der Waals surface area (Å²) in [5, 5.41) is 21.3. The number of nitrogens with one attached hydrogen (secondary N) is 2. The molecule has 0 saturated carbocycles. The number of aryl methyl sites for hydroxylation is 1. The molecule has 0 aliphatic rings. The van der Waals surface area contributed by atoms with Gasteiger partial charge in [0.2, 0.25) is 5.91 Å². The number of hydrogen-bond donors (Lipinski definition) is 3. The molecule has 150 valence electrons. The van der Waals surface area contributed by atoms with Crippen LogP contribution in [0, 0.1) is 18.3 Å². The molecule has 1 aromatic carbocycles. The van der Waals surface area contributed by atoms with Crippen LogP contribution in [-0.4, -0.2) is 37.8 Å². The fourth-order valence-corrected chi connectivity index (χ4v) is 3.78. The van der Waals surface area contributed by atoms with Crippen LogP contribution in [0.1, 0.15) is 24.8 Å². The van der Waals surface area contributed by atoms with Crippen molar-refractivity contribution in [3.05, 3.63) is 46.4 Å². The SMILES string of the molecule is Cc1c[nH]c2c(=O)n(-c3ccc(O)cc3)c(SCCCC(=O)NCCC#N)nc12. The third-order valence-electron chi connectivity index (χ3n) is 4.31. The van der Waals surface area contributed by atoms with Gasteiger partial charge in [0.05, 0.1) is 23.7 Å². The van der Waals surface area contributed by atoms with E-state index in [0.717, 1.165) is 5.56 Å². The Balaban J connectivity index is 1.81. The van der Waals surface area contributed by atoms with E-state index in [1.807, 2.05) is 13.0 Å². The Hall–Kier alpha value is -3.25. The number of carbonyl (C=O) groups is 1. The minimum Gasteiger partial charge on any atom is -0.508 e. The Kier molecular flexibility index (Phi) is 6.57. The lowest BCUT2D eigenvalue weighted by Crippen LogP contribution is -2.24. The van der Waals surface area contributed by atoms with E-state index in [9.17, 15) is 14.7 Å². The average Bonchev–Trinajstić information content (AvgIpc) is 3.08. The van der Waals surface area contributed by atoms with Crippen LogP contribution >= 0.6 is 11.8 Å². The number of nitrogens with zero attached hydrogens (tertiary/aromatic N) is 3. The predicted octanol–water partition coefficient (Wildman–Crippen LogP) is 2.63. The van der Waals surface area contributed by atoms with E-state index in [1.165, 1.54) is 28.5 Å². The highest BCUT2D eigenvalue weighted by molar-refractivity contribution is 7.99. The van der Waals surface area contributed by atoms with E-state index >= 15 is 0 Å². The maximum Gasteiger partial charge on any atom is 0.283 e. The number of aromatic amines is 1. The fourth-order valence-electron chi connectivity index (χ4n) is 2.83. The highest BCUT2D eigenvalue weighted by Gasteiger charge is 2.16. The van der Waals surface area contributed by atoms with Gasteiger partial charge in [-0.25, -0.2) is 4.98 Å². The number of phenols is 1. The van der Waals surface area contributed by atoms with Crippen LogP contribution in [0.5, 0.6) is 5.75 Å². The number of amides is 1. The predicted molar refractivity (Wildman–Crippen MR) is 111 cm³/mol. The average molecular weight is 411 g/mol. The zero-order valence-electron chi connectivity index (χ0n) is 15.9. The molecule has 1 amide bonds. The molecule has 0 fully saturated rings. The number of carbonyl (C=O) groups excluding carboxylic acids is 1. The first-order valence-corrected chi connectivity index (χ1v) is 10.2. The zero-order valence-corrected chi connectivity index (χ0v) is 16.8. The lowest BCUT2D eigenvalue weighted by molar-refractivity contribution is -0.121. The lowest BCUT2D eigenvalue weighted by atomic mass is 10.3. The van der Waals surface area contributed by atoms with E-state index in [2.05, 4.69) is 15.3 Å². The van der Waals surface area contributed by atoms with Gasteiger partial charge >= 0.3 is 0 Å². The largest absolute Gasteiger partial charge is 0.508 e. The molecule has 3 rings (SSSR count). The second-order valence-corrected chi connectivity index (χ2v) is 7.52. The summed E-state index contributed by atoms with van der Waals surface area (Å²) in [5.74, 6) is 0.621. The number of fused-ring (bicyclic) bond motifs is 1. The summed E-state index contributed by atoms with van der Waals surface area (Å²) in [6, 6.07) is 8.34. The molecule has 2 aromatic heterocycles. The van der Waals surface area contributed by atoms with Gasteiger partial charge in [0, 0.05) is 24.9 Å². The Morgan fingerprint density at radius 3 is 2.86 bits per heavy atom. The summed E-state index contributed by atoms with van der Waals surface area (Å²) in [6.07, 6.45) is 2.99. The minimum absolute atomic E-state index is 0.0957. The second kappa shape index (κ2) is 9.30. The number of aromatic nitrogens is 3. The Bertz CT molecular complexity index is 1110. The number of hydrogen-bond acceptors (Lipinski definition) is 6. The number of benzene rings is 1. The molecule has 8 nitrogen and oxygen atoms in total. The number of aromatic hydroxyl groups is 1. The minimum atomic E-state index is -0.217. The second-order valence-electron chi connectivity index (χ2n) is 6.46. The van der Waals surface area contributed by atoms with Crippen molar-refractivity contribution in [2.24, 2.45) is 0 Å². The van der Waals surface area contributed by atoms with Gasteiger partial charge in [0.25, 0.3) is 5.56 Å². The molecule has 0 saturated heterocycles. The summed E-state index contributed by atoms with van der Waals surface area (Å²) in [6.45, 7) is 2.24. The van der Waals surface area contributed by atoms with E-state index < -0.39 is 0 Å². The number of H-pyrrole nitrogens is 1. The van der Waals surface area contributed by atoms with E-state index in [1.54, 1.807) is 18.3 Å². The van der Waals surface area contributed by atoms with Crippen LogP contribution < -0.4 is 10.9 Å². The van der Waals surface area contributed by atoms with Gasteiger partial charge in [-0.15, -0.1) is 0 Å². The first-order valence-electron chi connectivity index (χ1n) is 9.18. The van der Waals surface area contributed by atoms with E-state index in [4.69, 9.17) is 5.26 Å². The van der Waals surface area contributed by atoms with Crippen LogP contribution in [0.4, 0.5) is 0 Å². The Morgan fingerprint density at radius 1 is 1.38 bits per heavy atom. The van der Waals surface area contributed by atoms with Gasteiger partial charge in [0.1, 0.15) is 11.3 Å². The molecule has 0 bridgehead atoms. The van der Waals surface area contributed by atoms with Gasteiger partial charge in [0.15, 0.2) is 5.16 Å². The molecule has 0 atom stereocenters. The van der Waals surface area contributed by atoms with E-state index in [0.29, 0.717) is 53.4 Å². The summed E-state index contributed by atoms with van der Waals surface area (Å²) in [5.41, 5.74) is 2.32. The molecule has 3 aromatic rings. The number of thioether (sulfide) groups is 1. The van der Waals surface area contributed by atoms with E-state index in [-0.39, 0.29) is 17.2 Å². The van der Waals surface area contributed by atoms with Crippen molar-refractivity contribution >= 4 is 28.7 Å². The third-order valence-corrected chi connectivity index (χ3v) is 5.33. The van der Waals surface area contributed by atoms with Crippen LogP contribution in [0.2, 0.25) is 0 Å². The first-order chi connectivity index (χ1) is 14.0. The Morgan fingerprint density at radius 2 is 2.14 bits per heavy atom. The maximum atomic E-state index is 13.1. The van der Waals surface area contributed by atoms with Gasteiger partial charge < -0.3 is 15.4 Å². The molecular weight excluding hydrogens is 390 g/mol. The molecule has 0 spiro atoms. The molecule has 0 radical (unpaired) electrons. The molecule has 29 heavy (non-hydrogen) atoms. The van der Waals surface area contributed by atoms with Gasteiger partial charge in [-0.3, -0.25) is 14.2 Å². The first kappa shape index (κ1) is 20.5. The van der Waals surface area contributed by atoms with Crippen LogP contribution in [-0.2, 0) is 4.79 Å². The van der Waals surface area contributed by atoms with Crippen molar-refractivity contribution in [1.82, 2.24) is 19.9 Å². The highest BCUT2D eigenvalue weighted by atomic mass is 32.2. The highest BCUT2D eigenvalue weighted by Crippen LogP contribution is 2.24. The third kappa shape index (κ3) is 4.78. The van der Waals surface area contributed by atoms with Crippen molar-refractivity contribution in [2.75, 3.05) is 12.3 Å². The smallest absolute Gasteiger partial charge is 0.283 e. The van der Waals surface area contributed by atoms with Crippen LogP contribution in [0.3, 0.4) is 0 Å². The Labute approximate surface area is 171 Å². The van der Waals surface area contributed by atoms with Crippen molar-refractivity contribution < 1.29 is 9.90 Å². The van der Waals surface area contributed by atoms with Crippen LogP contribution in [0.15, 0.2) is 40.4 Å². The quantitative estimate of drug-likeness (QED) is 0.297. The molecule has 9 heteroatoms. The van der Waals surface area contributed by atoms with Crippen LogP contribution in [0.25, 0.3) is 16.7 Å². The summed E-state index contributed by atoms with van der Waals surface area (Å²) in [4.78, 5) is 32.5. The molecular formula is C20H21N5O3S. The van der Waals surface area contributed by atoms with Crippen molar-refractivity contribution in [3.8, 4) is 17.5 Å². The van der Waals surface area contributed by atoms with Crippen molar-refractivity contribution in [2.45, 2.75) is 31.3 Å². The molecule has 0 aliphatic heterocycles. The van der Waals surface area contributed by atoms with Gasteiger partial charge in [-0.2, -0.15) is 5.26 Å². The lowest BCUT2D eigenvalue weighted by Gasteiger charge is -2.12. The molecule has 2 heterocycles. The number of nitriles is 1. The molecule has 3 N–H and O–H groups in total. The monoisotopic (exact) mass is 411 g/mol. The standard InChI is InChI=1S/C20H21N5O3S/c1-13-12-23-18-17(13)24-20(29-11-2-4-16(27)22-10-3-9-21)25(19(18)28)14-5-7-15(26)8-6-14/h5-8,12,23,26H,2-4,10-11H2,1H3,(H,22,27). The molecule has 0 aliphatic carbocycles.